The van der Waals surface area contributed by atoms with Crippen LogP contribution in [0.25, 0.3) is 0 Å². The lowest BCUT2D eigenvalue weighted by Crippen LogP contribution is -2.39. The summed E-state index contributed by atoms with van der Waals surface area (Å²) in [4.78, 5) is 23.5. The van der Waals surface area contributed by atoms with Gasteiger partial charge in [0.2, 0.25) is 0 Å². The second-order valence-electron chi connectivity index (χ2n) is 6.73. The SMILES string of the molecule is CC(=O)Oc1ccc(/C=N\NC(=O)CN(c2ccccc2Cl)S(=O)(=O)c2ccccc2)cc1. The number of nitrogens with zero attached hydrogens (tertiary/aromatic N) is 2. The highest BCUT2D eigenvalue weighted by atomic mass is 35.5. The predicted molar refractivity (Wildman–Crippen MR) is 126 cm³/mol. The maximum absolute atomic E-state index is 13.2. The van der Waals surface area contributed by atoms with Gasteiger partial charge in [-0.1, -0.05) is 41.9 Å². The highest BCUT2D eigenvalue weighted by Crippen LogP contribution is 2.30. The first-order valence-electron chi connectivity index (χ1n) is 9.70. The highest BCUT2D eigenvalue weighted by molar-refractivity contribution is 7.92. The van der Waals surface area contributed by atoms with Crippen LogP contribution in [0, 0.1) is 0 Å². The van der Waals surface area contributed by atoms with Crippen molar-refractivity contribution in [2.75, 3.05) is 10.8 Å². The summed E-state index contributed by atoms with van der Waals surface area (Å²) in [7, 11) is -4.07. The van der Waals surface area contributed by atoms with Gasteiger partial charge >= 0.3 is 5.97 Å². The zero-order valence-corrected chi connectivity index (χ0v) is 19.1. The second-order valence-corrected chi connectivity index (χ2v) is 9.00. The average Bonchev–Trinajstić information content (AvgIpc) is 2.79. The maximum Gasteiger partial charge on any atom is 0.308 e. The summed E-state index contributed by atoms with van der Waals surface area (Å²) < 4.78 is 32.4. The molecule has 0 heterocycles. The van der Waals surface area contributed by atoms with E-state index in [9.17, 15) is 18.0 Å². The van der Waals surface area contributed by atoms with Crippen molar-refractivity contribution >= 4 is 45.4 Å². The Morgan fingerprint density at radius 2 is 1.64 bits per heavy atom. The van der Waals surface area contributed by atoms with E-state index >= 15 is 0 Å². The number of rotatable bonds is 8. The zero-order valence-electron chi connectivity index (χ0n) is 17.5. The zero-order chi connectivity index (χ0) is 23.8. The molecule has 33 heavy (non-hydrogen) atoms. The average molecular weight is 486 g/mol. The van der Waals surface area contributed by atoms with Gasteiger partial charge in [-0.3, -0.25) is 13.9 Å². The van der Waals surface area contributed by atoms with E-state index in [-0.39, 0.29) is 15.6 Å². The number of halogens is 1. The number of hydrazone groups is 1. The third-order valence-corrected chi connectivity index (χ3v) is 6.38. The van der Waals surface area contributed by atoms with E-state index in [0.29, 0.717) is 11.3 Å². The van der Waals surface area contributed by atoms with Crippen molar-refractivity contribution in [1.29, 1.82) is 0 Å². The first kappa shape index (κ1) is 24.0. The summed E-state index contributed by atoms with van der Waals surface area (Å²) in [5.41, 5.74) is 3.12. The minimum absolute atomic E-state index is 0.0223. The molecule has 0 unspecified atom stereocenters. The third-order valence-electron chi connectivity index (χ3n) is 4.28. The van der Waals surface area contributed by atoms with Gasteiger partial charge in [0, 0.05) is 6.92 Å². The van der Waals surface area contributed by atoms with E-state index < -0.39 is 28.4 Å². The Morgan fingerprint density at radius 1 is 1.00 bits per heavy atom. The minimum atomic E-state index is -4.07. The van der Waals surface area contributed by atoms with Crippen LogP contribution in [0.5, 0.6) is 5.75 Å². The lowest BCUT2D eigenvalue weighted by Gasteiger charge is -2.24. The minimum Gasteiger partial charge on any atom is -0.427 e. The molecular formula is C23H20ClN3O5S. The summed E-state index contributed by atoms with van der Waals surface area (Å²) >= 11 is 6.23. The molecule has 0 aromatic heterocycles. The van der Waals surface area contributed by atoms with Gasteiger partial charge in [0.1, 0.15) is 12.3 Å². The molecule has 1 N–H and O–H groups in total. The molecule has 0 fully saturated rings. The lowest BCUT2D eigenvalue weighted by atomic mass is 10.2. The molecule has 10 heteroatoms. The molecule has 0 atom stereocenters. The summed E-state index contributed by atoms with van der Waals surface area (Å²) in [5, 5.41) is 4.05. The number of para-hydroxylation sites is 1. The van der Waals surface area contributed by atoms with Gasteiger partial charge < -0.3 is 4.74 Å². The molecule has 3 rings (SSSR count). The number of amides is 1. The molecule has 8 nitrogen and oxygen atoms in total. The molecule has 1 amide bonds. The number of hydrogen-bond acceptors (Lipinski definition) is 6. The summed E-state index contributed by atoms with van der Waals surface area (Å²) in [6.45, 7) is 0.762. The molecule has 0 aliphatic rings. The van der Waals surface area contributed by atoms with Crippen molar-refractivity contribution in [1.82, 2.24) is 5.43 Å². The van der Waals surface area contributed by atoms with E-state index in [1.54, 1.807) is 60.7 Å². The van der Waals surface area contributed by atoms with Crippen molar-refractivity contribution < 1.29 is 22.7 Å². The topological polar surface area (TPSA) is 105 Å². The number of sulfonamides is 1. The largest absolute Gasteiger partial charge is 0.427 e. The molecule has 0 radical (unpaired) electrons. The fraction of sp³-hybridized carbons (Fsp3) is 0.0870. The van der Waals surface area contributed by atoms with E-state index in [1.165, 1.54) is 31.3 Å². The van der Waals surface area contributed by atoms with Crippen molar-refractivity contribution in [2.45, 2.75) is 11.8 Å². The highest BCUT2D eigenvalue weighted by Gasteiger charge is 2.28. The molecule has 0 bridgehead atoms. The van der Waals surface area contributed by atoms with Crippen molar-refractivity contribution in [2.24, 2.45) is 5.10 Å². The van der Waals surface area contributed by atoms with Crippen molar-refractivity contribution in [3.8, 4) is 5.75 Å². The second kappa shape index (κ2) is 10.8. The third kappa shape index (κ3) is 6.41. The molecule has 0 spiro atoms. The van der Waals surface area contributed by atoms with Crippen LogP contribution in [0.2, 0.25) is 5.02 Å². The molecule has 170 valence electrons. The van der Waals surface area contributed by atoms with Gasteiger partial charge in [0.05, 0.1) is 21.8 Å². The van der Waals surface area contributed by atoms with E-state index in [1.807, 2.05) is 0 Å². The summed E-state index contributed by atoms with van der Waals surface area (Å²) in [6.07, 6.45) is 1.38. The predicted octanol–water partition coefficient (Wildman–Crippen LogP) is 3.61. The molecule has 3 aromatic carbocycles. The Bertz CT molecular complexity index is 1260. The number of carbonyl (C=O) groups excluding carboxylic acids is 2. The molecule has 0 aliphatic carbocycles. The van der Waals surface area contributed by atoms with Gasteiger partial charge in [0.25, 0.3) is 15.9 Å². The quantitative estimate of drug-likeness (QED) is 0.227. The Labute approximate surface area is 196 Å². The monoisotopic (exact) mass is 485 g/mol. The van der Waals surface area contributed by atoms with Gasteiger partial charge in [-0.15, -0.1) is 0 Å². The number of ether oxygens (including phenoxy) is 1. The summed E-state index contributed by atoms with van der Waals surface area (Å²) in [5.74, 6) is -0.718. The fourth-order valence-corrected chi connectivity index (χ4v) is 4.55. The molecule has 0 aliphatic heterocycles. The lowest BCUT2D eigenvalue weighted by molar-refractivity contribution is -0.131. The van der Waals surface area contributed by atoms with Gasteiger partial charge in [0.15, 0.2) is 0 Å². The van der Waals surface area contributed by atoms with Crippen LogP contribution < -0.4 is 14.5 Å². The van der Waals surface area contributed by atoms with Gasteiger partial charge in [-0.05, 0) is 54.1 Å². The van der Waals surface area contributed by atoms with Gasteiger partial charge in [-0.25, -0.2) is 13.8 Å². The Balaban J connectivity index is 1.76. The number of benzene rings is 3. The standard InChI is InChI=1S/C23H20ClN3O5S/c1-17(28)32-19-13-11-18(12-14-19)15-25-26-23(29)16-27(22-10-6-5-9-21(22)24)33(30,31)20-7-3-2-4-8-20/h2-15H,16H2,1H3,(H,26,29)/b25-15-. The normalized spacial score (nSPS) is 11.2. The van der Waals surface area contributed by atoms with Crippen molar-refractivity contribution in [3.63, 3.8) is 0 Å². The van der Waals surface area contributed by atoms with E-state index in [4.69, 9.17) is 16.3 Å². The number of hydrogen-bond donors (Lipinski definition) is 1. The maximum atomic E-state index is 13.2. The van der Waals surface area contributed by atoms with Crippen molar-refractivity contribution in [3.05, 3.63) is 89.4 Å². The van der Waals surface area contributed by atoms with Crippen LogP contribution in [0.4, 0.5) is 5.69 Å². The Kier molecular flexibility index (Phi) is 7.81. The van der Waals surface area contributed by atoms with Crippen LogP contribution in [0.15, 0.2) is 88.9 Å². The smallest absolute Gasteiger partial charge is 0.308 e. The number of esters is 1. The van der Waals surface area contributed by atoms with Crippen LogP contribution in [0.1, 0.15) is 12.5 Å². The molecule has 3 aromatic rings. The number of anilines is 1. The number of nitrogens with one attached hydrogen (secondary N) is 1. The first-order chi connectivity index (χ1) is 15.8. The van der Waals surface area contributed by atoms with Gasteiger partial charge in [-0.2, -0.15) is 5.10 Å². The first-order valence-corrected chi connectivity index (χ1v) is 11.5. The van der Waals surface area contributed by atoms with E-state index in [2.05, 4.69) is 10.5 Å². The van der Waals surface area contributed by atoms with Crippen LogP contribution >= 0.6 is 11.6 Å². The summed E-state index contributed by atoms with van der Waals surface area (Å²) in [6, 6.07) is 20.6. The fourth-order valence-electron chi connectivity index (χ4n) is 2.81. The molecule has 0 saturated heterocycles. The Morgan fingerprint density at radius 3 is 2.27 bits per heavy atom. The van der Waals surface area contributed by atoms with E-state index in [0.717, 1.165) is 4.31 Å². The van der Waals surface area contributed by atoms with Crippen LogP contribution in [0.3, 0.4) is 0 Å². The molecule has 0 saturated carbocycles. The van der Waals surface area contributed by atoms with Crippen LogP contribution in [-0.2, 0) is 19.6 Å². The molecular weight excluding hydrogens is 466 g/mol. The van der Waals surface area contributed by atoms with Crippen LogP contribution in [-0.4, -0.2) is 33.1 Å². The Hall–Kier alpha value is -3.69. The number of carbonyl (C=O) groups is 2.